The van der Waals surface area contributed by atoms with Gasteiger partial charge in [-0.1, -0.05) is 59.6 Å². The van der Waals surface area contributed by atoms with Crippen LogP contribution in [0.2, 0.25) is 10.0 Å². The second-order valence-electron chi connectivity index (χ2n) is 6.46. The van der Waals surface area contributed by atoms with Gasteiger partial charge in [-0.15, -0.1) is 0 Å². The Morgan fingerprint density at radius 1 is 0.839 bits per heavy atom. The van der Waals surface area contributed by atoms with Gasteiger partial charge in [-0.05, 0) is 47.5 Å². The monoisotopic (exact) mass is 455 g/mol. The summed E-state index contributed by atoms with van der Waals surface area (Å²) in [5, 5.41) is 7.63. The number of hydrazone groups is 1. The highest BCUT2D eigenvalue weighted by atomic mass is 35.5. The Bertz CT molecular complexity index is 1070. The van der Waals surface area contributed by atoms with E-state index >= 15 is 0 Å². The minimum absolute atomic E-state index is 0.203. The lowest BCUT2D eigenvalue weighted by atomic mass is 10.2. The minimum Gasteiger partial charge on any atom is -0.488 e. The van der Waals surface area contributed by atoms with Gasteiger partial charge in [-0.25, -0.2) is 5.43 Å². The van der Waals surface area contributed by atoms with Crippen molar-refractivity contribution in [2.24, 2.45) is 5.10 Å². The molecule has 0 unspecified atom stereocenters. The molecule has 0 aliphatic carbocycles. The first-order valence-electron chi connectivity index (χ1n) is 9.33. The molecule has 31 heavy (non-hydrogen) atoms. The molecule has 0 heterocycles. The summed E-state index contributed by atoms with van der Waals surface area (Å²) < 4.78 is 5.83. The van der Waals surface area contributed by atoms with E-state index in [1.165, 1.54) is 6.21 Å². The molecule has 2 amide bonds. The van der Waals surface area contributed by atoms with Gasteiger partial charge in [0.15, 0.2) is 0 Å². The Morgan fingerprint density at radius 3 is 2.13 bits per heavy atom. The maximum absolute atomic E-state index is 11.9. The van der Waals surface area contributed by atoms with E-state index in [0.29, 0.717) is 28.0 Å². The van der Waals surface area contributed by atoms with Crippen molar-refractivity contribution in [1.82, 2.24) is 10.7 Å². The third-order valence-electron chi connectivity index (χ3n) is 4.17. The first-order valence-corrected chi connectivity index (χ1v) is 10.1. The van der Waals surface area contributed by atoms with E-state index in [9.17, 15) is 9.59 Å². The molecule has 0 atom stereocenters. The molecular formula is C23H19Cl2N3O3. The molecule has 8 heteroatoms. The molecule has 0 fully saturated rings. The fraction of sp³-hybridized carbons (Fsp3) is 0.0870. The molecule has 158 valence electrons. The normalized spacial score (nSPS) is 10.6. The van der Waals surface area contributed by atoms with E-state index in [1.54, 1.807) is 48.5 Å². The Kier molecular flexibility index (Phi) is 8.04. The molecule has 0 spiro atoms. The molecule has 0 aliphatic heterocycles. The van der Waals surface area contributed by atoms with Crippen LogP contribution < -0.4 is 15.5 Å². The van der Waals surface area contributed by atoms with Crippen molar-refractivity contribution in [2.45, 2.75) is 13.2 Å². The summed E-state index contributed by atoms with van der Waals surface area (Å²) in [5.74, 6) is -1.08. The minimum atomic E-state index is -0.871. The van der Waals surface area contributed by atoms with Crippen LogP contribution in [0, 0.1) is 0 Å². The lowest BCUT2D eigenvalue weighted by Gasteiger charge is -2.09. The van der Waals surface area contributed by atoms with E-state index in [1.807, 2.05) is 24.3 Å². The van der Waals surface area contributed by atoms with Crippen LogP contribution in [0.4, 0.5) is 0 Å². The van der Waals surface area contributed by atoms with Crippen molar-refractivity contribution in [3.05, 3.63) is 99.5 Å². The fourth-order valence-electron chi connectivity index (χ4n) is 2.54. The third kappa shape index (κ3) is 7.13. The standard InChI is InChI=1S/C23H19Cl2N3O3/c24-19-9-5-16(6-10-19)13-26-22(29)23(30)28-27-14-18-3-1-2-4-21(18)31-15-17-7-11-20(25)12-8-17/h1-12,14H,13,15H2,(H,26,29)(H,28,30)/b27-14-. The highest BCUT2D eigenvalue weighted by molar-refractivity contribution is 6.35. The number of carbonyl (C=O) groups excluding carboxylic acids is 2. The van der Waals surface area contributed by atoms with Gasteiger partial charge < -0.3 is 10.1 Å². The summed E-state index contributed by atoms with van der Waals surface area (Å²) in [6.07, 6.45) is 1.42. The molecule has 0 radical (unpaired) electrons. The highest BCUT2D eigenvalue weighted by Gasteiger charge is 2.12. The first-order chi connectivity index (χ1) is 15.0. The molecule has 3 aromatic rings. The number of nitrogens with zero attached hydrogens (tertiary/aromatic N) is 1. The number of rotatable bonds is 7. The number of nitrogens with one attached hydrogen (secondary N) is 2. The van der Waals surface area contributed by atoms with E-state index in [-0.39, 0.29) is 6.54 Å². The summed E-state index contributed by atoms with van der Waals surface area (Å²) in [5.41, 5.74) is 4.64. The topological polar surface area (TPSA) is 79.8 Å². The van der Waals surface area contributed by atoms with Gasteiger partial charge in [-0.2, -0.15) is 5.10 Å². The Labute approximate surface area is 189 Å². The zero-order valence-corrected chi connectivity index (χ0v) is 17.9. The van der Waals surface area contributed by atoms with Gasteiger partial charge >= 0.3 is 11.8 Å². The Hall–Kier alpha value is -3.35. The van der Waals surface area contributed by atoms with Gasteiger partial charge in [-0.3, -0.25) is 9.59 Å². The van der Waals surface area contributed by atoms with Crippen molar-refractivity contribution in [2.75, 3.05) is 0 Å². The van der Waals surface area contributed by atoms with Gasteiger partial charge in [0.1, 0.15) is 12.4 Å². The number of carbonyl (C=O) groups is 2. The molecule has 0 aliphatic rings. The average molecular weight is 456 g/mol. The number of hydrogen-bond donors (Lipinski definition) is 2. The summed E-state index contributed by atoms with van der Waals surface area (Å²) in [7, 11) is 0. The zero-order chi connectivity index (χ0) is 22.1. The quantitative estimate of drug-likeness (QED) is 0.316. The van der Waals surface area contributed by atoms with Crippen LogP contribution in [0.25, 0.3) is 0 Å². The van der Waals surface area contributed by atoms with Crippen LogP contribution in [0.3, 0.4) is 0 Å². The van der Waals surface area contributed by atoms with E-state index in [0.717, 1.165) is 11.1 Å². The van der Waals surface area contributed by atoms with Crippen LogP contribution in [-0.2, 0) is 22.7 Å². The molecule has 6 nitrogen and oxygen atoms in total. The van der Waals surface area contributed by atoms with Crippen LogP contribution >= 0.6 is 23.2 Å². The number of hydrogen-bond acceptors (Lipinski definition) is 4. The van der Waals surface area contributed by atoms with Crippen molar-refractivity contribution in [3.8, 4) is 5.75 Å². The molecule has 0 aromatic heterocycles. The van der Waals surface area contributed by atoms with Crippen molar-refractivity contribution < 1.29 is 14.3 Å². The van der Waals surface area contributed by atoms with Crippen LogP contribution in [0.5, 0.6) is 5.75 Å². The Morgan fingerprint density at radius 2 is 1.45 bits per heavy atom. The maximum atomic E-state index is 11.9. The molecule has 0 saturated heterocycles. The summed E-state index contributed by atoms with van der Waals surface area (Å²) in [6, 6.07) is 21.5. The summed E-state index contributed by atoms with van der Waals surface area (Å²) in [6.45, 7) is 0.552. The van der Waals surface area contributed by atoms with Gasteiger partial charge in [0.25, 0.3) is 0 Å². The predicted molar refractivity (Wildman–Crippen MR) is 121 cm³/mol. The van der Waals surface area contributed by atoms with Crippen LogP contribution in [-0.4, -0.2) is 18.0 Å². The van der Waals surface area contributed by atoms with E-state index in [4.69, 9.17) is 27.9 Å². The number of ether oxygens (including phenoxy) is 1. The number of para-hydroxylation sites is 1. The number of halogens is 2. The second-order valence-corrected chi connectivity index (χ2v) is 7.33. The molecule has 0 bridgehead atoms. The number of amides is 2. The van der Waals surface area contributed by atoms with Gasteiger partial charge in [0, 0.05) is 22.2 Å². The fourth-order valence-corrected chi connectivity index (χ4v) is 2.79. The molecular weight excluding hydrogens is 437 g/mol. The van der Waals surface area contributed by atoms with E-state index in [2.05, 4.69) is 15.8 Å². The zero-order valence-electron chi connectivity index (χ0n) is 16.3. The molecule has 3 aromatic carbocycles. The molecule has 2 N–H and O–H groups in total. The largest absolute Gasteiger partial charge is 0.488 e. The van der Waals surface area contributed by atoms with Crippen molar-refractivity contribution in [1.29, 1.82) is 0 Å². The maximum Gasteiger partial charge on any atom is 0.329 e. The molecule has 3 rings (SSSR count). The lowest BCUT2D eigenvalue weighted by molar-refractivity contribution is -0.139. The van der Waals surface area contributed by atoms with Gasteiger partial charge in [0.2, 0.25) is 0 Å². The van der Waals surface area contributed by atoms with Crippen molar-refractivity contribution >= 4 is 41.2 Å². The van der Waals surface area contributed by atoms with Gasteiger partial charge in [0.05, 0.1) is 6.21 Å². The van der Waals surface area contributed by atoms with Crippen LogP contribution in [0.1, 0.15) is 16.7 Å². The smallest absolute Gasteiger partial charge is 0.329 e. The van der Waals surface area contributed by atoms with E-state index < -0.39 is 11.8 Å². The van der Waals surface area contributed by atoms with Crippen molar-refractivity contribution in [3.63, 3.8) is 0 Å². The summed E-state index contributed by atoms with van der Waals surface area (Å²) >= 11 is 11.7. The summed E-state index contributed by atoms with van der Waals surface area (Å²) in [4.78, 5) is 23.9. The number of benzene rings is 3. The average Bonchev–Trinajstić information content (AvgIpc) is 2.78. The Balaban J connectivity index is 1.51. The highest BCUT2D eigenvalue weighted by Crippen LogP contribution is 2.18. The second kappa shape index (κ2) is 11.2. The first kappa shape index (κ1) is 22.3. The SMILES string of the molecule is O=C(NCc1ccc(Cl)cc1)C(=O)N/N=C\c1ccccc1OCc1ccc(Cl)cc1. The van der Waals surface area contributed by atoms with Crippen LogP contribution in [0.15, 0.2) is 77.9 Å². The molecule has 0 saturated carbocycles. The predicted octanol–water partition coefficient (Wildman–Crippen LogP) is 4.34. The lowest BCUT2D eigenvalue weighted by Crippen LogP contribution is -2.37. The third-order valence-corrected chi connectivity index (χ3v) is 4.67.